The summed E-state index contributed by atoms with van der Waals surface area (Å²) in [6.07, 6.45) is -3.47. The van der Waals surface area contributed by atoms with Crippen LogP contribution < -0.4 is 11.1 Å². The van der Waals surface area contributed by atoms with Gasteiger partial charge >= 0.3 is 6.18 Å². The Morgan fingerprint density at radius 2 is 2.00 bits per heavy atom. The fraction of sp³-hybridized carbons (Fsp3) is 0.333. The second-order valence-electron chi connectivity index (χ2n) is 5.85. The standard InChI is InChI=1S/C15H17F3N4O/c1-14(2,19)9-20-13(23)10-4-3-5-11(8-10)22-12(6-7-21-22)15(16,17)18/h3-8H,9,19H2,1-2H3,(H,20,23). The minimum absolute atomic E-state index is 0.155. The smallest absolute Gasteiger partial charge is 0.350 e. The van der Waals surface area contributed by atoms with Crippen molar-refractivity contribution in [1.29, 1.82) is 0 Å². The van der Waals surface area contributed by atoms with Gasteiger partial charge in [0.1, 0.15) is 5.69 Å². The summed E-state index contributed by atoms with van der Waals surface area (Å²) in [7, 11) is 0. The van der Waals surface area contributed by atoms with Gasteiger partial charge in [0.25, 0.3) is 5.91 Å². The first-order chi connectivity index (χ1) is 10.6. The highest BCUT2D eigenvalue weighted by molar-refractivity contribution is 5.94. The van der Waals surface area contributed by atoms with Crippen molar-refractivity contribution in [3.63, 3.8) is 0 Å². The van der Waals surface area contributed by atoms with Crippen LogP contribution >= 0.6 is 0 Å². The molecule has 124 valence electrons. The molecule has 0 fully saturated rings. The average Bonchev–Trinajstić information content (AvgIpc) is 2.93. The van der Waals surface area contributed by atoms with Gasteiger partial charge in [-0.25, -0.2) is 4.68 Å². The molecule has 0 saturated carbocycles. The largest absolute Gasteiger partial charge is 0.433 e. The molecule has 2 aromatic rings. The molecule has 0 unspecified atom stereocenters. The van der Waals surface area contributed by atoms with Crippen LogP contribution in [0.15, 0.2) is 36.5 Å². The van der Waals surface area contributed by atoms with Gasteiger partial charge in [-0.15, -0.1) is 0 Å². The van der Waals surface area contributed by atoms with Crippen LogP contribution in [0.2, 0.25) is 0 Å². The number of nitrogens with zero attached hydrogens (tertiary/aromatic N) is 2. The van der Waals surface area contributed by atoms with Crippen LogP contribution in [-0.2, 0) is 6.18 Å². The first-order valence-corrected chi connectivity index (χ1v) is 6.87. The third-order valence-electron chi connectivity index (χ3n) is 2.99. The highest BCUT2D eigenvalue weighted by atomic mass is 19.4. The van der Waals surface area contributed by atoms with Crippen molar-refractivity contribution >= 4 is 5.91 Å². The molecular weight excluding hydrogens is 309 g/mol. The van der Waals surface area contributed by atoms with Crippen LogP contribution in [0.3, 0.4) is 0 Å². The van der Waals surface area contributed by atoms with Crippen molar-refractivity contribution in [3.8, 4) is 5.69 Å². The molecule has 1 heterocycles. The Hall–Kier alpha value is -2.35. The Morgan fingerprint density at radius 1 is 1.30 bits per heavy atom. The number of halogens is 3. The topological polar surface area (TPSA) is 72.9 Å². The molecule has 1 amide bonds. The lowest BCUT2D eigenvalue weighted by Crippen LogP contribution is -2.45. The Bertz CT molecular complexity index is 701. The molecule has 0 aliphatic heterocycles. The predicted octanol–water partition coefficient (Wildman–Crippen LogP) is 2.36. The summed E-state index contributed by atoms with van der Waals surface area (Å²) in [6.45, 7) is 3.75. The molecule has 0 atom stereocenters. The van der Waals surface area contributed by atoms with E-state index in [4.69, 9.17) is 5.73 Å². The lowest BCUT2D eigenvalue weighted by atomic mass is 10.1. The van der Waals surface area contributed by atoms with Gasteiger partial charge in [-0.2, -0.15) is 18.3 Å². The maximum absolute atomic E-state index is 12.9. The number of alkyl halides is 3. The summed E-state index contributed by atoms with van der Waals surface area (Å²) < 4.78 is 39.5. The molecule has 0 saturated heterocycles. The molecular formula is C15H17F3N4O. The summed E-state index contributed by atoms with van der Waals surface area (Å²) >= 11 is 0. The first kappa shape index (κ1) is 17.0. The van der Waals surface area contributed by atoms with Gasteiger partial charge in [0.15, 0.2) is 0 Å². The number of aromatic nitrogens is 2. The van der Waals surface area contributed by atoms with Crippen molar-refractivity contribution in [3.05, 3.63) is 47.8 Å². The van der Waals surface area contributed by atoms with E-state index in [-0.39, 0.29) is 17.8 Å². The van der Waals surface area contributed by atoms with Crippen LogP contribution in [0.4, 0.5) is 13.2 Å². The van der Waals surface area contributed by atoms with Gasteiger partial charge in [0, 0.05) is 17.6 Å². The molecule has 0 spiro atoms. The second kappa shape index (κ2) is 6.04. The molecule has 8 heteroatoms. The van der Waals surface area contributed by atoms with Crippen molar-refractivity contribution in [2.75, 3.05) is 6.54 Å². The Morgan fingerprint density at radius 3 is 2.61 bits per heavy atom. The van der Waals surface area contributed by atoms with Crippen molar-refractivity contribution in [1.82, 2.24) is 15.1 Å². The summed E-state index contributed by atoms with van der Waals surface area (Å²) in [5.74, 6) is -0.411. The van der Waals surface area contributed by atoms with E-state index in [9.17, 15) is 18.0 Å². The molecule has 23 heavy (non-hydrogen) atoms. The van der Waals surface area contributed by atoms with Gasteiger partial charge in [0.05, 0.1) is 11.9 Å². The number of amides is 1. The average molecular weight is 326 g/mol. The van der Waals surface area contributed by atoms with Crippen LogP contribution in [0.5, 0.6) is 0 Å². The van der Waals surface area contributed by atoms with E-state index in [0.717, 1.165) is 16.9 Å². The highest BCUT2D eigenvalue weighted by Gasteiger charge is 2.35. The number of nitrogens with one attached hydrogen (secondary N) is 1. The number of carbonyl (C=O) groups excluding carboxylic acids is 1. The minimum Gasteiger partial charge on any atom is -0.350 e. The number of benzene rings is 1. The van der Waals surface area contributed by atoms with Gasteiger partial charge in [-0.1, -0.05) is 6.07 Å². The molecule has 1 aromatic heterocycles. The molecule has 0 aliphatic rings. The Balaban J connectivity index is 2.28. The van der Waals surface area contributed by atoms with Gasteiger partial charge < -0.3 is 11.1 Å². The summed E-state index contributed by atoms with van der Waals surface area (Å²) in [5.41, 5.74) is 4.68. The van der Waals surface area contributed by atoms with E-state index in [0.29, 0.717) is 0 Å². The molecule has 2 rings (SSSR count). The number of carbonyl (C=O) groups is 1. The maximum Gasteiger partial charge on any atom is 0.433 e. The normalized spacial score (nSPS) is 12.3. The second-order valence-corrected chi connectivity index (χ2v) is 5.85. The third kappa shape index (κ3) is 4.32. The molecule has 3 N–H and O–H groups in total. The third-order valence-corrected chi connectivity index (χ3v) is 2.99. The Labute approximate surface area is 131 Å². The molecule has 0 bridgehead atoms. The zero-order valence-corrected chi connectivity index (χ0v) is 12.7. The first-order valence-electron chi connectivity index (χ1n) is 6.87. The van der Waals surface area contributed by atoms with E-state index in [2.05, 4.69) is 10.4 Å². The minimum atomic E-state index is -4.53. The summed E-state index contributed by atoms with van der Waals surface area (Å²) in [4.78, 5) is 12.1. The van der Waals surface area contributed by atoms with Crippen molar-refractivity contribution in [2.45, 2.75) is 25.6 Å². The van der Waals surface area contributed by atoms with Gasteiger partial charge in [-0.05, 0) is 38.1 Å². The van der Waals surface area contributed by atoms with Gasteiger partial charge in [-0.3, -0.25) is 4.79 Å². The van der Waals surface area contributed by atoms with E-state index in [1.54, 1.807) is 13.8 Å². The zero-order valence-electron chi connectivity index (χ0n) is 12.7. The van der Waals surface area contributed by atoms with Crippen molar-refractivity contribution in [2.24, 2.45) is 5.73 Å². The summed E-state index contributed by atoms with van der Waals surface area (Å²) in [5, 5.41) is 6.32. The van der Waals surface area contributed by atoms with Crippen LogP contribution in [-0.4, -0.2) is 27.8 Å². The lowest BCUT2D eigenvalue weighted by molar-refractivity contribution is -0.142. The Kier molecular flexibility index (Phi) is 4.46. The SMILES string of the molecule is CC(C)(N)CNC(=O)c1cccc(-n2nccc2C(F)(F)F)c1. The molecule has 0 aliphatic carbocycles. The molecule has 0 radical (unpaired) electrons. The number of hydrogen-bond acceptors (Lipinski definition) is 3. The zero-order chi connectivity index (χ0) is 17.3. The highest BCUT2D eigenvalue weighted by Crippen LogP contribution is 2.30. The van der Waals surface area contributed by atoms with Crippen LogP contribution in [0.1, 0.15) is 29.9 Å². The fourth-order valence-corrected chi connectivity index (χ4v) is 1.91. The van der Waals surface area contributed by atoms with Crippen LogP contribution in [0, 0.1) is 0 Å². The predicted molar refractivity (Wildman–Crippen MR) is 79.2 cm³/mol. The van der Waals surface area contributed by atoms with E-state index >= 15 is 0 Å². The maximum atomic E-state index is 12.9. The van der Waals surface area contributed by atoms with E-state index in [1.165, 1.54) is 24.3 Å². The van der Waals surface area contributed by atoms with Gasteiger partial charge in [0.2, 0.25) is 0 Å². The number of rotatable bonds is 4. The molecule has 1 aromatic carbocycles. The van der Waals surface area contributed by atoms with E-state index in [1.807, 2.05) is 0 Å². The molecule has 5 nitrogen and oxygen atoms in total. The number of hydrogen-bond donors (Lipinski definition) is 2. The van der Waals surface area contributed by atoms with Crippen LogP contribution in [0.25, 0.3) is 5.69 Å². The fourth-order valence-electron chi connectivity index (χ4n) is 1.91. The lowest BCUT2D eigenvalue weighted by Gasteiger charge is -2.19. The summed E-state index contributed by atoms with van der Waals surface area (Å²) in [6, 6.07) is 6.69. The quantitative estimate of drug-likeness (QED) is 0.906. The van der Waals surface area contributed by atoms with E-state index < -0.39 is 23.3 Å². The number of nitrogens with two attached hydrogens (primary N) is 1. The van der Waals surface area contributed by atoms with Crippen molar-refractivity contribution < 1.29 is 18.0 Å². The monoisotopic (exact) mass is 326 g/mol.